The van der Waals surface area contributed by atoms with Crippen LogP contribution in [0.5, 0.6) is 0 Å². The van der Waals surface area contributed by atoms with Gasteiger partial charge < -0.3 is 17.7 Å². The maximum atomic E-state index is 6.51. The molecule has 0 radical (unpaired) electrons. The van der Waals surface area contributed by atoms with Crippen LogP contribution in [0.2, 0.25) is 0 Å². The van der Waals surface area contributed by atoms with Crippen molar-refractivity contribution in [2.75, 3.05) is 0 Å². The van der Waals surface area contributed by atoms with E-state index in [4.69, 9.17) is 67.5 Å². The fraction of sp³-hybridized carbons (Fsp3) is 0.168. The van der Waals surface area contributed by atoms with E-state index in [1.165, 1.54) is 123 Å². The molecular formula is C125H94N16O4+4. The average Bonchev–Trinajstić information content (AvgIpc) is 1.15. The number of benzene rings is 8. The number of aromatic nitrogens is 16. The van der Waals surface area contributed by atoms with Crippen LogP contribution in [0.3, 0.4) is 0 Å². The van der Waals surface area contributed by atoms with E-state index >= 15 is 0 Å². The van der Waals surface area contributed by atoms with Crippen LogP contribution in [0.1, 0.15) is 233 Å². The van der Waals surface area contributed by atoms with Gasteiger partial charge in [0.2, 0.25) is 45.6 Å². The Hall–Kier alpha value is -17.5. The minimum atomic E-state index is 0.0467. The highest BCUT2D eigenvalue weighted by Gasteiger charge is 2.54. The summed E-state index contributed by atoms with van der Waals surface area (Å²) in [7, 11) is 8.72. The molecule has 0 saturated heterocycles. The summed E-state index contributed by atoms with van der Waals surface area (Å²) in [5.41, 5.74) is 55.1. The zero-order valence-electron chi connectivity index (χ0n) is 82.0. The molecule has 12 aliphatic rings. The topological polar surface area (TPSA) is 223 Å². The van der Waals surface area contributed by atoms with Gasteiger partial charge in [-0.1, -0.05) is 127 Å². The van der Waals surface area contributed by atoms with Crippen LogP contribution in [0, 0.1) is 62.3 Å². The van der Waals surface area contributed by atoms with Crippen LogP contribution in [0.15, 0.2) is 304 Å². The van der Waals surface area contributed by atoms with Crippen molar-refractivity contribution in [3.05, 3.63) is 472 Å². The first-order valence-corrected chi connectivity index (χ1v) is 49.8. The first-order chi connectivity index (χ1) is 70.9. The van der Waals surface area contributed by atoms with E-state index in [1.54, 1.807) is 6.20 Å². The number of rotatable bonds is 4. The molecule has 12 aliphatic carbocycles. The van der Waals surface area contributed by atoms with Gasteiger partial charge in [0.1, 0.15) is 51.9 Å². The minimum absolute atomic E-state index is 0.0467. The van der Waals surface area contributed by atoms with Crippen molar-refractivity contribution in [2.45, 2.75) is 110 Å². The maximum absolute atomic E-state index is 6.51. The molecule has 0 amide bonds. The van der Waals surface area contributed by atoms with Gasteiger partial charge in [0, 0.05) is 162 Å². The number of fused-ring (bicyclic) bond motifs is 12. The average molecular weight is 1880 g/mol. The second kappa shape index (κ2) is 31.2. The number of hydrogen-bond acceptors (Lipinski definition) is 16. The third-order valence-corrected chi connectivity index (χ3v) is 32.7. The largest absolute Gasteiger partial charge is 0.437 e. The lowest BCUT2D eigenvalue weighted by Crippen LogP contribution is -2.44. The highest BCUT2D eigenvalue weighted by molar-refractivity contribution is 6.13. The molecule has 0 saturated carbocycles. The third-order valence-electron chi connectivity index (χ3n) is 32.7. The van der Waals surface area contributed by atoms with Gasteiger partial charge in [0.05, 0.1) is 91.5 Å². The molecule has 20 heteroatoms. The van der Waals surface area contributed by atoms with Crippen molar-refractivity contribution in [1.82, 2.24) is 59.8 Å². The van der Waals surface area contributed by atoms with E-state index in [1.807, 2.05) is 82.5 Å². The van der Waals surface area contributed by atoms with Crippen LogP contribution in [-0.2, 0) is 28.2 Å². The summed E-state index contributed by atoms with van der Waals surface area (Å²) in [6, 6.07) is 82.9. The van der Waals surface area contributed by atoms with Gasteiger partial charge >= 0.3 is 0 Å². The molecule has 694 valence electrons. The summed E-state index contributed by atoms with van der Waals surface area (Å²) < 4.78 is 35.2. The van der Waals surface area contributed by atoms with Gasteiger partial charge in [-0.25, -0.2) is 19.9 Å². The molecule has 8 atom stereocenters. The summed E-state index contributed by atoms with van der Waals surface area (Å²) in [6.45, 7) is 19.0. The maximum Gasteiger partial charge on any atom is 0.227 e. The van der Waals surface area contributed by atoms with Gasteiger partial charge in [-0.3, -0.25) is 39.9 Å². The molecule has 145 heavy (non-hydrogen) atoms. The molecule has 36 rings (SSSR count). The van der Waals surface area contributed by atoms with Crippen LogP contribution in [0.4, 0.5) is 0 Å². The number of pyridine rings is 8. The molecule has 8 bridgehead atoms. The van der Waals surface area contributed by atoms with Gasteiger partial charge in [0.25, 0.3) is 0 Å². The standard InChI is InChI=1S/2C32H25N4O.C31H23N4O.C30H21N4O/c1-16-15-17(2)25(31-24(16)22-10-9-18(3)35-32(22)37-31)23-12-11-21-26-19-7-5-6-8-20(19)27(30(21)36(23)4)29-28(26)33-13-14-34-29;1-16-15-23-21-10-9-17(2)35-32(21)37-31(23)25(18(16)3)24-12-11-22-26-19-7-5-6-8-20(19)27(30(22)36(24)4)29-28(26)33-13-14-34-29;1-16-8-10-20-21-11-9-17(2)34-31(21)36-30(20)24(16)23-13-12-22-25-18-6-4-5-7-19(18)26(29(22)35(23)3)28-27(25)32-14-15-33-28;1-16-9-10-19-20-8-5-13-33-30(20)35-29(19)23(16)22-12-11-21-24-17-6-3-4-7-18(17)25(28(21)34(22)2)27-26(24)31-14-15-32-27/h2*5-15,26-27H,1-4H3;4-15,25-26H,1-3H3;3-15,24-25H,1-2H3/q4*+1. The summed E-state index contributed by atoms with van der Waals surface area (Å²) in [6.07, 6.45) is 16.3. The lowest BCUT2D eigenvalue weighted by molar-refractivity contribution is -0.669. The zero-order chi connectivity index (χ0) is 97.4. The SMILES string of the molecule is Cc1ccc2c(n1)oc1c(-c3ccc4c([n+]3C)C3c5ccccc5C4c4nccnc43)c(C)c(C)cc12.Cc1ccc2c(n1)oc1c(-c3ccc4c([n+]3C)C3c5ccccc5C4c4nccnc43)c(C)cc(C)c12.Cc1ccc2c(n1)oc1c(-c3ccc4c([n+]3C)C3c5ccccc5C4c4nccnc43)c(C)ccc12.Cc1ccc2c(oc3ncccc32)c1-c1ccc2c([n+]1C)C1c3ccccc3C2c2nccnc21. The van der Waals surface area contributed by atoms with E-state index in [-0.39, 0.29) is 47.3 Å². The first kappa shape index (κ1) is 84.4. The minimum Gasteiger partial charge on any atom is -0.437 e. The molecule has 0 aliphatic heterocycles. The summed E-state index contributed by atoms with van der Waals surface area (Å²) >= 11 is 0. The highest BCUT2D eigenvalue weighted by atomic mass is 16.4. The van der Waals surface area contributed by atoms with Crippen molar-refractivity contribution in [1.29, 1.82) is 0 Å². The number of nitrogens with zero attached hydrogens (tertiary/aromatic N) is 16. The fourth-order valence-electron chi connectivity index (χ4n) is 26.4. The second-order valence-electron chi connectivity index (χ2n) is 40.4. The highest BCUT2D eigenvalue weighted by Crippen LogP contribution is 2.60. The first-order valence-electron chi connectivity index (χ1n) is 49.8. The van der Waals surface area contributed by atoms with Crippen LogP contribution < -0.4 is 18.3 Å². The molecule has 0 spiro atoms. The Morgan fingerprint density at radius 2 is 0.497 bits per heavy atom. The molecular weight excluding hydrogens is 1790 g/mol. The van der Waals surface area contributed by atoms with E-state index < -0.39 is 0 Å². The van der Waals surface area contributed by atoms with E-state index in [0.29, 0.717) is 22.9 Å². The Morgan fingerprint density at radius 1 is 0.207 bits per heavy atom. The quantitative estimate of drug-likeness (QED) is 0.149. The van der Waals surface area contributed by atoms with Crippen molar-refractivity contribution in [3.63, 3.8) is 0 Å². The number of aryl methyl sites for hydroxylation is 8. The zero-order valence-corrected chi connectivity index (χ0v) is 82.0. The summed E-state index contributed by atoms with van der Waals surface area (Å²) in [5, 5.41) is 8.66. The van der Waals surface area contributed by atoms with Crippen LogP contribution in [0.25, 0.3) is 133 Å². The predicted molar refractivity (Wildman–Crippen MR) is 557 cm³/mol. The lowest BCUT2D eigenvalue weighted by Gasteiger charge is -2.37. The van der Waals surface area contributed by atoms with E-state index in [9.17, 15) is 0 Å². The third kappa shape index (κ3) is 11.9. The van der Waals surface area contributed by atoms with Crippen LogP contribution in [-0.4, -0.2) is 59.8 Å². The van der Waals surface area contributed by atoms with E-state index in [2.05, 4.69) is 316 Å². The molecule has 20 nitrogen and oxygen atoms in total. The smallest absolute Gasteiger partial charge is 0.227 e. The molecule has 16 aromatic heterocycles. The van der Waals surface area contributed by atoms with Crippen molar-refractivity contribution in [2.24, 2.45) is 28.2 Å². The molecule has 8 unspecified atom stereocenters. The number of hydrogen-bond donors (Lipinski definition) is 0. The summed E-state index contributed by atoms with van der Waals surface area (Å²) in [5.74, 6) is 0.584. The number of furan rings is 4. The van der Waals surface area contributed by atoms with Gasteiger partial charge in [-0.05, 0) is 219 Å². The molecule has 0 N–H and O–H groups in total. The molecule has 24 aromatic rings. The summed E-state index contributed by atoms with van der Waals surface area (Å²) in [4.78, 5) is 57.1. The van der Waals surface area contributed by atoms with Crippen molar-refractivity contribution < 1.29 is 35.9 Å². The second-order valence-corrected chi connectivity index (χ2v) is 40.4. The Bertz CT molecular complexity index is 9700. The lowest BCUT2D eigenvalue weighted by atomic mass is 9.65. The normalized spacial score (nSPS) is 17.3. The Kier molecular flexibility index (Phi) is 18.2. The fourth-order valence-corrected chi connectivity index (χ4v) is 26.4. The van der Waals surface area contributed by atoms with Crippen molar-refractivity contribution >= 4 is 88.3 Å². The van der Waals surface area contributed by atoms with E-state index in [0.717, 1.165) is 173 Å². The Balaban J connectivity index is 0.0000000918. The molecule has 0 fully saturated rings. The predicted octanol–water partition coefficient (Wildman–Crippen LogP) is 23.8. The van der Waals surface area contributed by atoms with Crippen molar-refractivity contribution in [3.8, 4) is 45.0 Å². The van der Waals surface area contributed by atoms with Gasteiger partial charge in [-0.2, -0.15) is 18.3 Å². The van der Waals surface area contributed by atoms with Gasteiger partial charge in [-0.15, -0.1) is 0 Å². The van der Waals surface area contributed by atoms with Gasteiger partial charge in [0.15, 0.2) is 45.1 Å². The Labute approximate surface area is 833 Å². The molecule has 8 aromatic carbocycles. The Morgan fingerprint density at radius 3 is 0.869 bits per heavy atom. The molecule has 16 heterocycles. The monoisotopic (exact) mass is 1880 g/mol. The van der Waals surface area contributed by atoms with Crippen LogP contribution >= 0.6 is 0 Å².